The van der Waals surface area contributed by atoms with Crippen molar-refractivity contribution in [2.24, 2.45) is 0 Å². The number of anilines is 3. The quantitative estimate of drug-likeness (QED) is 0.725. The van der Waals surface area contributed by atoms with E-state index < -0.39 is 0 Å². The largest absolute Gasteiger partial charge is 0.399 e. The van der Waals surface area contributed by atoms with Gasteiger partial charge in [0.15, 0.2) is 0 Å². The highest BCUT2D eigenvalue weighted by atomic mass is 15.2. The normalized spacial score (nSPS) is 12.1. The first-order chi connectivity index (χ1) is 10.5. The predicted octanol–water partition coefficient (Wildman–Crippen LogP) is 3.29. The number of nitrogens with two attached hydrogens (primary N) is 1. The first-order valence-electron chi connectivity index (χ1n) is 7.31. The van der Waals surface area contributed by atoms with E-state index >= 15 is 0 Å². The third-order valence-electron chi connectivity index (χ3n) is 3.10. The number of nitrogen functional groups attached to an aromatic ring is 1. The summed E-state index contributed by atoms with van der Waals surface area (Å²) >= 11 is 0. The lowest BCUT2D eigenvalue weighted by molar-refractivity contribution is 1.04. The van der Waals surface area contributed by atoms with E-state index in [1.165, 1.54) is 0 Å². The summed E-state index contributed by atoms with van der Waals surface area (Å²) in [4.78, 5) is 10.7. The van der Waals surface area contributed by atoms with Crippen LogP contribution in [-0.4, -0.2) is 17.0 Å². The molecule has 3 rings (SSSR count). The Kier molecular flexibility index (Phi) is 2.45. The van der Waals surface area contributed by atoms with Gasteiger partial charge in [-0.3, -0.25) is 0 Å². The molecule has 2 N–H and O–H groups in total. The molecule has 1 aromatic heterocycles. The van der Waals surface area contributed by atoms with Crippen molar-refractivity contribution in [2.45, 2.75) is 6.92 Å². The Morgan fingerprint density at radius 3 is 2.55 bits per heavy atom. The number of aryl methyl sites for hydroxylation is 1. The van der Waals surface area contributed by atoms with Gasteiger partial charge in [-0.15, -0.1) is 0 Å². The van der Waals surface area contributed by atoms with E-state index in [0.29, 0.717) is 23.0 Å². The number of benzene rings is 2. The number of para-hydroxylation sites is 1. The number of fused-ring (bicyclic) bond motifs is 1. The summed E-state index contributed by atoms with van der Waals surface area (Å²) in [6.45, 7) is 1.83. The zero-order chi connectivity index (χ0) is 15.9. The van der Waals surface area contributed by atoms with Gasteiger partial charge in [-0.2, -0.15) is 0 Å². The van der Waals surface area contributed by atoms with Crippen LogP contribution in [0.4, 0.5) is 17.2 Å². The van der Waals surface area contributed by atoms with Gasteiger partial charge in [0.05, 0.1) is 8.26 Å². The minimum atomic E-state index is 0.202. The Labute approximate surface area is 120 Å². The van der Waals surface area contributed by atoms with Crippen molar-refractivity contribution in [1.82, 2.24) is 9.97 Å². The lowest BCUT2D eigenvalue weighted by atomic mass is 10.2. The van der Waals surface area contributed by atoms with Crippen LogP contribution in [0.5, 0.6) is 0 Å². The summed E-state index contributed by atoms with van der Waals surface area (Å²) in [5.74, 6) is 1.32. The number of rotatable bonds is 2. The maximum Gasteiger partial charge on any atom is 0.144 e. The number of hydrogen-bond acceptors (Lipinski definition) is 4. The van der Waals surface area contributed by atoms with Crippen molar-refractivity contribution in [3.63, 3.8) is 0 Å². The molecule has 0 spiro atoms. The van der Waals surface area contributed by atoms with Crippen LogP contribution in [0.1, 0.15) is 8.57 Å². The molecule has 0 aliphatic rings. The zero-order valence-electron chi connectivity index (χ0n) is 13.4. The van der Waals surface area contributed by atoms with Gasteiger partial charge in [0.2, 0.25) is 0 Å². The van der Waals surface area contributed by atoms with E-state index in [1.807, 2.05) is 31.2 Å². The molecule has 0 aliphatic carbocycles. The molecule has 0 atom stereocenters. The average Bonchev–Trinajstić information content (AvgIpc) is 2.45. The molecule has 20 heavy (non-hydrogen) atoms. The molecule has 3 aromatic rings. The Morgan fingerprint density at radius 1 is 1.10 bits per heavy atom. The van der Waals surface area contributed by atoms with Crippen molar-refractivity contribution >= 4 is 28.1 Å². The predicted molar refractivity (Wildman–Crippen MR) is 83.2 cm³/mol. The van der Waals surface area contributed by atoms with E-state index in [0.717, 1.165) is 10.9 Å². The van der Waals surface area contributed by atoms with Gasteiger partial charge < -0.3 is 10.6 Å². The molecule has 4 nitrogen and oxygen atoms in total. The van der Waals surface area contributed by atoms with Crippen molar-refractivity contribution < 1.29 is 2.74 Å². The first kappa shape index (κ1) is 10.2. The molecular weight excluding hydrogens is 248 g/mol. The first-order valence-corrected chi connectivity index (χ1v) is 6.31. The van der Waals surface area contributed by atoms with Gasteiger partial charge in [-0.1, -0.05) is 12.1 Å². The minimum absolute atomic E-state index is 0.202. The van der Waals surface area contributed by atoms with Crippen LogP contribution in [0.15, 0.2) is 48.5 Å². The monoisotopic (exact) mass is 268 g/mol. The second kappa shape index (κ2) is 4.81. The summed E-state index contributed by atoms with van der Waals surface area (Å²) in [6.07, 6.45) is 0. The third kappa shape index (κ3) is 2.16. The molecule has 0 saturated carbocycles. The topological polar surface area (TPSA) is 55.0 Å². The van der Waals surface area contributed by atoms with Crippen molar-refractivity contribution in [2.75, 3.05) is 17.7 Å². The molecular formula is C16H16N4. The Bertz CT molecular complexity index is 841. The van der Waals surface area contributed by atoms with Crippen molar-refractivity contribution in [3.8, 4) is 0 Å². The highest BCUT2D eigenvalue weighted by Gasteiger charge is 2.11. The standard InChI is InChI=1S/C16H16N4/c1-11-18-15-6-4-3-5-14(15)16(19-11)20(2)13-9-7-12(17)8-10-13/h3-10H,17H2,1-2H3/i9T,10T. The summed E-state index contributed by atoms with van der Waals surface area (Å²) in [6, 6.07) is 11.2. The van der Waals surface area contributed by atoms with Gasteiger partial charge in [0.25, 0.3) is 0 Å². The van der Waals surface area contributed by atoms with Crippen LogP contribution in [0.25, 0.3) is 10.9 Å². The average molecular weight is 268 g/mol. The van der Waals surface area contributed by atoms with Gasteiger partial charge in [-0.25, -0.2) is 9.97 Å². The number of aromatic nitrogens is 2. The molecule has 0 fully saturated rings. The van der Waals surface area contributed by atoms with E-state index in [2.05, 4.69) is 9.97 Å². The van der Waals surface area contributed by atoms with Crippen LogP contribution >= 0.6 is 0 Å². The Morgan fingerprint density at radius 2 is 1.80 bits per heavy atom. The van der Waals surface area contributed by atoms with Crippen molar-refractivity contribution in [1.29, 1.82) is 0 Å². The molecule has 2 aromatic carbocycles. The lowest BCUT2D eigenvalue weighted by Gasteiger charge is -2.20. The fraction of sp³-hybridized carbons (Fsp3) is 0.125. The van der Waals surface area contributed by atoms with E-state index in [1.54, 1.807) is 24.1 Å². The summed E-state index contributed by atoms with van der Waals surface area (Å²) in [7, 11) is 1.80. The van der Waals surface area contributed by atoms with Crippen LogP contribution in [0, 0.1) is 6.92 Å². The molecule has 100 valence electrons. The number of nitrogens with zero attached hydrogens (tertiary/aromatic N) is 3. The van der Waals surface area contributed by atoms with E-state index in [9.17, 15) is 0 Å². The smallest absolute Gasteiger partial charge is 0.144 e. The summed E-state index contributed by atoms with van der Waals surface area (Å²) in [5, 5.41) is 0.881. The fourth-order valence-electron chi connectivity index (χ4n) is 2.11. The second-order valence-corrected chi connectivity index (χ2v) is 4.60. The highest BCUT2D eigenvalue weighted by molar-refractivity contribution is 5.91. The highest BCUT2D eigenvalue weighted by Crippen LogP contribution is 2.28. The van der Waals surface area contributed by atoms with Crippen LogP contribution in [0.2, 0.25) is 0 Å². The van der Waals surface area contributed by atoms with E-state index in [4.69, 9.17) is 8.48 Å². The van der Waals surface area contributed by atoms with Crippen LogP contribution in [-0.2, 0) is 0 Å². The number of hydrogen-bond donors (Lipinski definition) is 1. The molecule has 0 unspecified atom stereocenters. The molecule has 4 heteroatoms. The Balaban J connectivity index is 2.24. The molecule has 0 aliphatic heterocycles. The van der Waals surface area contributed by atoms with E-state index in [-0.39, 0.29) is 12.1 Å². The van der Waals surface area contributed by atoms with Crippen LogP contribution < -0.4 is 10.6 Å². The second-order valence-electron chi connectivity index (χ2n) is 4.60. The van der Waals surface area contributed by atoms with Gasteiger partial charge in [-0.05, 0) is 43.3 Å². The molecule has 0 radical (unpaired) electrons. The lowest BCUT2D eigenvalue weighted by Crippen LogP contribution is -2.13. The SMILES string of the molecule is [3H]c1cc(N)cc([3H])c1N(C)c1nc(C)nc2ccccc12. The third-order valence-corrected chi connectivity index (χ3v) is 3.10. The fourth-order valence-corrected chi connectivity index (χ4v) is 2.11. The van der Waals surface area contributed by atoms with Gasteiger partial charge >= 0.3 is 0 Å². The molecule has 0 saturated heterocycles. The maximum absolute atomic E-state index is 8.11. The maximum atomic E-state index is 8.11. The molecule has 0 bridgehead atoms. The molecule has 0 amide bonds. The molecule has 1 heterocycles. The minimum Gasteiger partial charge on any atom is -0.399 e. The zero-order valence-corrected chi connectivity index (χ0v) is 11.4. The summed E-state index contributed by atoms with van der Waals surface area (Å²) in [5.41, 5.74) is 7.42. The summed E-state index contributed by atoms with van der Waals surface area (Å²) < 4.78 is 16.2. The van der Waals surface area contributed by atoms with Crippen LogP contribution in [0.3, 0.4) is 0 Å². The Hall–Kier alpha value is -2.62. The van der Waals surface area contributed by atoms with Crippen molar-refractivity contribution in [3.05, 3.63) is 54.3 Å². The van der Waals surface area contributed by atoms with Gasteiger partial charge in [0.1, 0.15) is 11.6 Å². The van der Waals surface area contributed by atoms with Gasteiger partial charge in [0, 0.05) is 23.8 Å².